The third-order valence-electron chi connectivity index (χ3n) is 2.05. The molecule has 0 aliphatic carbocycles. The summed E-state index contributed by atoms with van der Waals surface area (Å²) in [6, 6.07) is 9.77. The van der Waals surface area contributed by atoms with Gasteiger partial charge in [0.1, 0.15) is 11.8 Å². The molecule has 0 spiro atoms. The van der Waals surface area contributed by atoms with E-state index in [-0.39, 0.29) is 6.04 Å². The highest BCUT2D eigenvalue weighted by molar-refractivity contribution is 5.29. The summed E-state index contributed by atoms with van der Waals surface area (Å²) in [4.78, 5) is 0. The number of hydrogen-bond donors (Lipinski definition) is 2. The molecule has 2 heteroatoms. The summed E-state index contributed by atoms with van der Waals surface area (Å²) in [7, 11) is 0. The van der Waals surface area contributed by atoms with Gasteiger partial charge in [-0.25, -0.2) is 0 Å². The van der Waals surface area contributed by atoms with Crippen molar-refractivity contribution >= 4 is 0 Å². The van der Waals surface area contributed by atoms with Crippen LogP contribution in [0, 0.1) is 0 Å². The molecular weight excluding hydrogens is 162 g/mol. The summed E-state index contributed by atoms with van der Waals surface area (Å²) in [5.41, 5.74) is 1.07. The maximum atomic E-state index is 9.57. The predicted molar refractivity (Wildman–Crippen MR) is 52.2 cm³/mol. The third-order valence-corrected chi connectivity index (χ3v) is 2.05. The Kier molecular flexibility index (Phi) is 2.04. The molecule has 1 aliphatic rings. The van der Waals surface area contributed by atoms with Gasteiger partial charge in [0.25, 0.3) is 0 Å². The van der Waals surface area contributed by atoms with Crippen LogP contribution in [-0.4, -0.2) is 5.11 Å². The summed E-state index contributed by atoms with van der Waals surface area (Å²) >= 11 is 0. The summed E-state index contributed by atoms with van der Waals surface area (Å²) in [5, 5.41) is 12.7. The molecule has 1 aliphatic heterocycles. The smallest absolute Gasteiger partial charge is 0.119 e. The van der Waals surface area contributed by atoms with Crippen LogP contribution in [0.1, 0.15) is 11.6 Å². The topological polar surface area (TPSA) is 32.3 Å². The Hall–Kier alpha value is -1.70. The number of rotatable bonds is 1. The average Bonchev–Trinajstić information content (AvgIpc) is 2.20. The zero-order chi connectivity index (χ0) is 9.10. The van der Waals surface area contributed by atoms with Gasteiger partial charge in [0, 0.05) is 0 Å². The molecule has 0 bridgehead atoms. The van der Waals surface area contributed by atoms with Gasteiger partial charge in [0.2, 0.25) is 0 Å². The third kappa shape index (κ3) is 1.56. The molecule has 1 atom stereocenters. The molecule has 2 rings (SSSR count). The van der Waals surface area contributed by atoms with E-state index in [0.717, 1.165) is 5.56 Å². The van der Waals surface area contributed by atoms with Crippen molar-refractivity contribution in [3.63, 3.8) is 0 Å². The van der Waals surface area contributed by atoms with E-state index in [0.29, 0.717) is 5.76 Å². The number of dihydropyridines is 1. The van der Waals surface area contributed by atoms with Gasteiger partial charge in [-0.15, -0.1) is 0 Å². The Morgan fingerprint density at radius 2 is 1.92 bits per heavy atom. The van der Waals surface area contributed by atoms with Crippen LogP contribution in [0.25, 0.3) is 0 Å². The van der Waals surface area contributed by atoms with Gasteiger partial charge in [-0.3, -0.25) is 0 Å². The number of nitrogens with one attached hydrogen (secondary N) is 1. The first-order chi connectivity index (χ1) is 6.38. The molecule has 0 aromatic heterocycles. The Balaban J connectivity index is 2.28. The minimum atomic E-state index is -0.0915. The minimum Gasteiger partial charge on any atom is -0.510 e. The van der Waals surface area contributed by atoms with Crippen molar-refractivity contribution in [2.75, 3.05) is 0 Å². The van der Waals surface area contributed by atoms with Gasteiger partial charge in [0.05, 0.1) is 0 Å². The normalized spacial score (nSPS) is 20.6. The molecule has 1 aromatic rings. The van der Waals surface area contributed by atoms with Crippen LogP contribution in [0.15, 0.2) is 54.4 Å². The lowest BCUT2D eigenvalue weighted by Crippen LogP contribution is -2.19. The SMILES string of the molecule is OC1=CC=CNC1c1ccccc1. The highest BCUT2D eigenvalue weighted by Crippen LogP contribution is 2.21. The molecule has 1 unspecified atom stereocenters. The fourth-order valence-electron chi connectivity index (χ4n) is 1.39. The first kappa shape index (κ1) is 7.92. The van der Waals surface area contributed by atoms with E-state index in [9.17, 15) is 5.11 Å². The van der Waals surface area contributed by atoms with Crippen LogP contribution in [-0.2, 0) is 0 Å². The lowest BCUT2D eigenvalue weighted by Gasteiger charge is -2.19. The highest BCUT2D eigenvalue weighted by Gasteiger charge is 2.14. The van der Waals surface area contributed by atoms with Crippen molar-refractivity contribution in [2.45, 2.75) is 6.04 Å². The maximum Gasteiger partial charge on any atom is 0.119 e. The van der Waals surface area contributed by atoms with E-state index >= 15 is 0 Å². The molecule has 0 saturated heterocycles. The standard InChI is InChI=1S/C11H11NO/c13-10-7-4-8-12-11(10)9-5-2-1-3-6-9/h1-8,11-13H. The molecule has 2 nitrogen and oxygen atoms in total. The Morgan fingerprint density at radius 3 is 2.62 bits per heavy atom. The Morgan fingerprint density at radius 1 is 1.15 bits per heavy atom. The Labute approximate surface area is 77.2 Å². The second-order valence-corrected chi connectivity index (χ2v) is 2.96. The summed E-state index contributed by atoms with van der Waals surface area (Å²) in [6.45, 7) is 0. The van der Waals surface area contributed by atoms with Gasteiger partial charge in [-0.05, 0) is 23.9 Å². The second kappa shape index (κ2) is 3.35. The van der Waals surface area contributed by atoms with Gasteiger partial charge in [0.15, 0.2) is 0 Å². The van der Waals surface area contributed by atoms with E-state index < -0.39 is 0 Å². The molecule has 0 radical (unpaired) electrons. The quantitative estimate of drug-likeness (QED) is 0.682. The fraction of sp³-hybridized carbons (Fsp3) is 0.0909. The lowest BCUT2D eigenvalue weighted by molar-refractivity contribution is 0.352. The first-order valence-corrected chi connectivity index (χ1v) is 4.24. The van der Waals surface area contributed by atoms with Crippen molar-refractivity contribution in [3.8, 4) is 0 Å². The van der Waals surface area contributed by atoms with Crippen LogP contribution in [0.3, 0.4) is 0 Å². The zero-order valence-corrected chi connectivity index (χ0v) is 7.14. The van der Waals surface area contributed by atoms with Crippen LogP contribution in [0.2, 0.25) is 0 Å². The molecule has 1 heterocycles. The van der Waals surface area contributed by atoms with Crippen molar-refractivity contribution in [3.05, 3.63) is 60.0 Å². The summed E-state index contributed by atoms with van der Waals surface area (Å²) in [6.07, 6.45) is 5.32. The predicted octanol–water partition coefficient (Wildman–Crippen LogP) is 2.29. The summed E-state index contributed by atoms with van der Waals surface area (Å²) < 4.78 is 0. The van der Waals surface area contributed by atoms with Crippen LogP contribution < -0.4 is 5.32 Å². The number of aliphatic hydroxyl groups excluding tert-OH is 1. The van der Waals surface area contributed by atoms with Crippen molar-refractivity contribution in [1.82, 2.24) is 5.32 Å². The zero-order valence-electron chi connectivity index (χ0n) is 7.14. The van der Waals surface area contributed by atoms with E-state index in [2.05, 4.69) is 5.32 Å². The number of benzene rings is 1. The van der Waals surface area contributed by atoms with Gasteiger partial charge in [-0.1, -0.05) is 30.3 Å². The molecule has 66 valence electrons. The largest absolute Gasteiger partial charge is 0.510 e. The van der Waals surface area contributed by atoms with Gasteiger partial charge < -0.3 is 10.4 Å². The van der Waals surface area contributed by atoms with E-state index in [1.165, 1.54) is 0 Å². The van der Waals surface area contributed by atoms with Crippen molar-refractivity contribution in [1.29, 1.82) is 0 Å². The lowest BCUT2D eigenvalue weighted by atomic mass is 10.0. The molecule has 0 amide bonds. The number of hydrogen-bond acceptors (Lipinski definition) is 2. The van der Waals surface area contributed by atoms with E-state index in [1.807, 2.05) is 36.5 Å². The number of aliphatic hydroxyl groups is 1. The minimum absolute atomic E-state index is 0.0915. The van der Waals surface area contributed by atoms with E-state index in [4.69, 9.17) is 0 Å². The molecule has 2 N–H and O–H groups in total. The maximum absolute atomic E-state index is 9.57. The monoisotopic (exact) mass is 173 g/mol. The summed E-state index contributed by atoms with van der Waals surface area (Å²) in [5.74, 6) is 0.355. The molecule has 0 fully saturated rings. The van der Waals surface area contributed by atoms with Crippen molar-refractivity contribution in [2.24, 2.45) is 0 Å². The fourth-order valence-corrected chi connectivity index (χ4v) is 1.39. The van der Waals surface area contributed by atoms with E-state index in [1.54, 1.807) is 12.2 Å². The Bertz CT molecular complexity index is 340. The van der Waals surface area contributed by atoms with Crippen LogP contribution in [0.5, 0.6) is 0 Å². The highest BCUT2D eigenvalue weighted by atomic mass is 16.3. The molecular formula is C11H11NO. The van der Waals surface area contributed by atoms with Crippen molar-refractivity contribution < 1.29 is 5.11 Å². The first-order valence-electron chi connectivity index (χ1n) is 4.24. The molecule has 1 aromatic carbocycles. The number of allylic oxidation sites excluding steroid dienone is 2. The molecule has 0 saturated carbocycles. The average molecular weight is 173 g/mol. The van der Waals surface area contributed by atoms with Gasteiger partial charge >= 0.3 is 0 Å². The van der Waals surface area contributed by atoms with Crippen LogP contribution in [0.4, 0.5) is 0 Å². The van der Waals surface area contributed by atoms with Gasteiger partial charge in [-0.2, -0.15) is 0 Å². The van der Waals surface area contributed by atoms with Crippen LogP contribution >= 0.6 is 0 Å². The molecule has 13 heavy (non-hydrogen) atoms. The second-order valence-electron chi connectivity index (χ2n) is 2.96.